The molecule has 0 aliphatic carbocycles. The van der Waals surface area contributed by atoms with Crippen LogP contribution in [0.15, 0.2) is 30.1 Å². The molecule has 2 rings (SSSR count). The van der Waals surface area contributed by atoms with Crippen molar-refractivity contribution < 1.29 is 0 Å². The highest BCUT2D eigenvalue weighted by Crippen LogP contribution is 2.12. The van der Waals surface area contributed by atoms with Crippen molar-refractivity contribution in [2.45, 2.75) is 19.9 Å². The molecule has 0 amide bonds. The van der Waals surface area contributed by atoms with Gasteiger partial charge in [-0.3, -0.25) is 4.90 Å². The summed E-state index contributed by atoms with van der Waals surface area (Å²) < 4.78 is 0. The molecule has 0 aromatic carbocycles. The molecule has 0 saturated heterocycles. The molecule has 1 N–H and O–H groups in total. The smallest absolute Gasteiger partial charge is 0.0252 e. The summed E-state index contributed by atoms with van der Waals surface area (Å²) in [5, 5.41) is 0. The summed E-state index contributed by atoms with van der Waals surface area (Å²) in [7, 11) is 0. The average Bonchev–Trinajstić information content (AvgIpc) is 2.57. The summed E-state index contributed by atoms with van der Waals surface area (Å²) in [6.45, 7) is 5.62. The number of rotatable bonds is 2. The topological polar surface area (TPSA) is 19.0 Å². The molecule has 0 saturated carbocycles. The summed E-state index contributed by atoms with van der Waals surface area (Å²) >= 11 is 0. The normalized spacial score (nSPS) is 18.7. The molecule has 70 valence electrons. The van der Waals surface area contributed by atoms with Gasteiger partial charge in [0.1, 0.15) is 0 Å². The highest BCUT2D eigenvalue weighted by atomic mass is 15.1. The second-order valence-corrected chi connectivity index (χ2v) is 3.77. The van der Waals surface area contributed by atoms with Crippen LogP contribution in [0.4, 0.5) is 0 Å². The Morgan fingerprint density at radius 2 is 2.46 bits per heavy atom. The van der Waals surface area contributed by atoms with Gasteiger partial charge in [-0.05, 0) is 25.0 Å². The van der Waals surface area contributed by atoms with E-state index in [0.717, 1.165) is 13.1 Å². The zero-order chi connectivity index (χ0) is 9.10. The van der Waals surface area contributed by atoms with Crippen molar-refractivity contribution in [3.05, 3.63) is 35.7 Å². The van der Waals surface area contributed by atoms with Crippen molar-refractivity contribution in [3.8, 4) is 0 Å². The van der Waals surface area contributed by atoms with Crippen LogP contribution in [0.1, 0.15) is 18.9 Å². The fraction of sp³-hybridized carbons (Fsp3) is 0.455. The van der Waals surface area contributed by atoms with E-state index >= 15 is 0 Å². The van der Waals surface area contributed by atoms with Crippen molar-refractivity contribution >= 4 is 0 Å². The minimum atomic E-state index is 1.08. The van der Waals surface area contributed by atoms with Gasteiger partial charge < -0.3 is 4.98 Å². The lowest BCUT2D eigenvalue weighted by atomic mass is 10.1. The summed E-state index contributed by atoms with van der Waals surface area (Å²) in [5.41, 5.74) is 2.89. The lowest BCUT2D eigenvalue weighted by Crippen LogP contribution is -2.28. The number of hydrogen-bond acceptors (Lipinski definition) is 1. The summed E-state index contributed by atoms with van der Waals surface area (Å²) in [6.07, 6.45) is 7.61. The van der Waals surface area contributed by atoms with Gasteiger partial charge in [0.05, 0.1) is 0 Å². The zero-order valence-corrected chi connectivity index (χ0v) is 8.09. The molecule has 0 unspecified atom stereocenters. The van der Waals surface area contributed by atoms with Crippen molar-refractivity contribution in [2.24, 2.45) is 0 Å². The van der Waals surface area contributed by atoms with E-state index in [-0.39, 0.29) is 0 Å². The summed E-state index contributed by atoms with van der Waals surface area (Å²) in [6, 6.07) is 2.15. The minimum Gasteiger partial charge on any atom is -0.367 e. The molecule has 1 aliphatic heterocycles. The van der Waals surface area contributed by atoms with Gasteiger partial charge >= 0.3 is 0 Å². The second-order valence-electron chi connectivity index (χ2n) is 3.77. The molecule has 2 heterocycles. The first kappa shape index (κ1) is 8.57. The quantitative estimate of drug-likeness (QED) is 0.684. The van der Waals surface area contributed by atoms with Gasteiger partial charge in [0, 0.05) is 32.0 Å². The van der Waals surface area contributed by atoms with Crippen LogP contribution < -0.4 is 0 Å². The number of hydrogen-bond donors (Lipinski definition) is 1. The molecule has 0 atom stereocenters. The first-order chi connectivity index (χ1) is 6.34. The molecular formula is C11H16N2. The Morgan fingerprint density at radius 3 is 3.15 bits per heavy atom. The van der Waals surface area contributed by atoms with E-state index in [4.69, 9.17) is 0 Å². The van der Waals surface area contributed by atoms with E-state index in [1.54, 1.807) is 0 Å². The van der Waals surface area contributed by atoms with Gasteiger partial charge in [0.15, 0.2) is 0 Å². The molecular weight excluding hydrogens is 160 g/mol. The monoisotopic (exact) mass is 176 g/mol. The molecule has 1 aromatic heterocycles. The third kappa shape index (κ3) is 2.22. The van der Waals surface area contributed by atoms with Crippen molar-refractivity contribution in [2.75, 3.05) is 13.1 Å². The van der Waals surface area contributed by atoms with Crippen molar-refractivity contribution in [3.63, 3.8) is 0 Å². The van der Waals surface area contributed by atoms with Crippen LogP contribution in [-0.2, 0) is 6.54 Å². The largest absolute Gasteiger partial charge is 0.367 e. The van der Waals surface area contributed by atoms with Crippen LogP contribution in [0.5, 0.6) is 0 Å². The first-order valence-corrected chi connectivity index (χ1v) is 4.84. The van der Waals surface area contributed by atoms with Gasteiger partial charge in [-0.2, -0.15) is 0 Å². The van der Waals surface area contributed by atoms with Crippen LogP contribution in [0.25, 0.3) is 0 Å². The fourth-order valence-corrected chi connectivity index (χ4v) is 1.84. The SMILES string of the molecule is CC1=CCCN(Cc2cc[nH]c2)C1. The standard InChI is InChI=1S/C11H16N2/c1-10-3-2-6-13(8-10)9-11-4-5-12-7-11/h3-5,7,12H,2,6,8-9H2,1H3. The molecule has 0 spiro atoms. The van der Waals surface area contributed by atoms with Gasteiger partial charge in [0.2, 0.25) is 0 Å². The first-order valence-electron chi connectivity index (χ1n) is 4.84. The van der Waals surface area contributed by atoms with E-state index in [2.05, 4.69) is 35.1 Å². The number of nitrogens with one attached hydrogen (secondary N) is 1. The van der Waals surface area contributed by atoms with E-state index in [0.29, 0.717) is 0 Å². The van der Waals surface area contributed by atoms with Crippen molar-refractivity contribution in [1.82, 2.24) is 9.88 Å². The number of aromatic nitrogens is 1. The summed E-state index contributed by atoms with van der Waals surface area (Å²) in [5.74, 6) is 0. The predicted molar refractivity (Wildman–Crippen MR) is 54.4 cm³/mol. The van der Waals surface area contributed by atoms with Crippen LogP contribution in [0.3, 0.4) is 0 Å². The van der Waals surface area contributed by atoms with Gasteiger partial charge in [-0.1, -0.05) is 11.6 Å². The molecule has 2 heteroatoms. The number of H-pyrrole nitrogens is 1. The van der Waals surface area contributed by atoms with E-state index in [9.17, 15) is 0 Å². The van der Waals surface area contributed by atoms with Crippen LogP contribution >= 0.6 is 0 Å². The summed E-state index contributed by atoms with van der Waals surface area (Å²) in [4.78, 5) is 5.57. The van der Waals surface area contributed by atoms with E-state index in [1.165, 1.54) is 24.1 Å². The molecule has 0 radical (unpaired) electrons. The third-order valence-electron chi connectivity index (χ3n) is 2.48. The maximum Gasteiger partial charge on any atom is 0.0252 e. The van der Waals surface area contributed by atoms with Crippen LogP contribution in [0, 0.1) is 0 Å². The Hall–Kier alpha value is -1.02. The van der Waals surface area contributed by atoms with Crippen molar-refractivity contribution in [1.29, 1.82) is 0 Å². The molecule has 0 fully saturated rings. The van der Waals surface area contributed by atoms with Gasteiger partial charge in [-0.25, -0.2) is 0 Å². The molecule has 0 bridgehead atoms. The van der Waals surface area contributed by atoms with Gasteiger partial charge in [-0.15, -0.1) is 0 Å². The predicted octanol–water partition coefficient (Wildman–Crippen LogP) is 2.17. The van der Waals surface area contributed by atoms with Gasteiger partial charge in [0.25, 0.3) is 0 Å². The number of nitrogens with zero attached hydrogens (tertiary/aromatic N) is 1. The highest BCUT2D eigenvalue weighted by Gasteiger charge is 2.09. The Morgan fingerprint density at radius 1 is 1.54 bits per heavy atom. The molecule has 2 nitrogen and oxygen atoms in total. The zero-order valence-electron chi connectivity index (χ0n) is 8.09. The minimum absolute atomic E-state index is 1.08. The Labute approximate surface area is 79.3 Å². The van der Waals surface area contributed by atoms with E-state index in [1.807, 2.05) is 6.20 Å². The third-order valence-corrected chi connectivity index (χ3v) is 2.48. The number of aromatic amines is 1. The second kappa shape index (κ2) is 3.79. The maximum absolute atomic E-state index is 3.09. The van der Waals surface area contributed by atoms with E-state index < -0.39 is 0 Å². The Kier molecular flexibility index (Phi) is 2.50. The molecule has 1 aromatic rings. The Balaban J connectivity index is 1.93. The lowest BCUT2D eigenvalue weighted by molar-refractivity contribution is 0.282. The highest BCUT2D eigenvalue weighted by molar-refractivity contribution is 5.10. The lowest BCUT2D eigenvalue weighted by Gasteiger charge is -2.25. The van der Waals surface area contributed by atoms with Crippen LogP contribution in [-0.4, -0.2) is 23.0 Å². The molecule has 13 heavy (non-hydrogen) atoms. The molecule has 1 aliphatic rings. The van der Waals surface area contributed by atoms with Crippen LogP contribution in [0.2, 0.25) is 0 Å². The fourth-order valence-electron chi connectivity index (χ4n) is 1.84. The Bertz CT molecular complexity index is 285. The maximum atomic E-state index is 3.09. The average molecular weight is 176 g/mol.